The Morgan fingerprint density at radius 2 is 1.90 bits per heavy atom. The first-order valence-corrected chi connectivity index (χ1v) is 10.7. The highest BCUT2D eigenvalue weighted by Gasteiger charge is 2.23. The van der Waals surface area contributed by atoms with Crippen LogP contribution in [0.15, 0.2) is 64.1 Å². The molecule has 0 atom stereocenters. The third-order valence-electron chi connectivity index (χ3n) is 4.00. The Balaban J connectivity index is 1.74. The number of nitrogens with zero attached hydrogens (tertiary/aromatic N) is 1. The zero-order chi connectivity index (χ0) is 21.7. The minimum absolute atomic E-state index is 0.0757. The lowest BCUT2D eigenvalue weighted by molar-refractivity contribution is 0.0467. The molecule has 3 aromatic rings. The van der Waals surface area contributed by atoms with Crippen LogP contribution in [0, 0.1) is 0 Å². The van der Waals surface area contributed by atoms with Crippen molar-refractivity contribution in [1.82, 2.24) is 9.71 Å². The molecule has 0 amide bonds. The van der Waals surface area contributed by atoms with Crippen LogP contribution >= 0.6 is 0 Å². The van der Waals surface area contributed by atoms with E-state index in [1.807, 2.05) is 30.3 Å². The second kappa shape index (κ2) is 9.10. The molecule has 3 rings (SSSR count). The molecule has 0 aliphatic rings. The van der Waals surface area contributed by atoms with E-state index in [4.69, 9.17) is 13.9 Å². The summed E-state index contributed by atoms with van der Waals surface area (Å²) in [6.07, 6.45) is 1.41. The summed E-state index contributed by atoms with van der Waals surface area (Å²) in [6.45, 7) is 3.28. The van der Waals surface area contributed by atoms with Gasteiger partial charge in [-0.25, -0.2) is 22.9 Å². The van der Waals surface area contributed by atoms with E-state index < -0.39 is 16.0 Å². The highest BCUT2D eigenvalue weighted by molar-refractivity contribution is 7.89. The summed E-state index contributed by atoms with van der Waals surface area (Å²) < 4.78 is 43.4. The molecule has 0 bridgehead atoms. The molecule has 0 saturated heterocycles. The molecule has 0 aliphatic heterocycles. The second-order valence-electron chi connectivity index (χ2n) is 6.73. The zero-order valence-corrected chi connectivity index (χ0v) is 17.6. The van der Waals surface area contributed by atoms with Crippen LogP contribution in [0.3, 0.4) is 0 Å². The Morgan fingerprint density at radius 3 is 2.57 bits per heavy atom. The van der Waals surface area contributed by atoms with E-state index in [1.54, 1.807) is 13.8 Å². The van der Waals surface area contributed by atoms with Gasteiger partial charge in [-0.15, -0.1) is 0 Å². The predicted octanol–water partition coefficient (Wildman–Crippen LogP) is 3.39. The number of rotatable bonds is 8. The van der Waals surface area contributed by atoms with Crippen molar-refractivity contribution in [1.29, 1.82) is 0 Å². The number of hydrogen-bond acceptors (Lipinski definition) is 7. The number of carbonyl (C=O) groups is 1. The highest BCUT2D eigenvalue weighted by Crippen LogP contribution is 2.26. The number of ether oxygens (including phenoxy) is 2. The third kappa shape index (κ3) is 5.05. The Bertz CT molecular complexity index is 1120. The standard InChI is InChI=1S/C21H22N2O6S/c1-14(2)23-30(25,26)19-11-16(9-10-18(19)27-3)21(24)29-13-17-12-28-20(22-17)15-7-5-4-6-8-15/h4-12,14,23H,13H2,1-3H3. The summed E-state index contributed by atoms with van der Waals surface area (Å²) in [5.41, 5.74) is 1.31. The molecule has 0 spiro atoms. The summed E-state index contributed by atoms with van der Waals surface area (Å²) in [7, 11) is -2.51. The van der Waals surface area contributed by atoms with Crippen LogP contribution in [0.1, 0.15) is 29.9 Å². The molecule has 0 saturated carbocycles. The van der Waals surface area contributed by atoms with Gasteiger partial charge in [0.15, 0.2) is 0 Å². The molecule has 1 heterocycles. The highest BCUT2D eigenvalue weighted by atomic mass is 32.2. The van der Waals surface area contributed by atoms with Crippen molar-refractivity contribution in [3.63, 3.8) is 0 Å². The first kappa shape index (κ1) is 21.5. The van der Waals surface area contributed by atoms with E-state index in [-0.39, 0.29) is 28.9 Å². The SMILES string of the molecule is COc1ccc(C(=O)OCc2coc(-c3ccccc3)n2)cc1S(=O)(=O)NC(C)C. The molecule has 0 unspecified atom stereocenters. The average Bonchev–Trinajstić information content (AvgIpc) is 3.20. The average molecular weight is 430 g/mol. The van der Waals surface area contributed by atoms with Gasteiger partial charge < -0.3 is 13.9 Å². The zero-order valence-electron chi connectivity index (χ0n) is 16.8. The maximum Gasteiger partial charge on any atom is 0.338 e. The summed E-state index contributed by atoms with van der Waals surface area (Å²) in [6, 6.07) is 13.1. The van der Waals surface area contributed by atoms with E-state index in [9.17, 15) is 13.2 Å². The number of benzene rings is 2. The van der Waals surface area contributed by atoms with E-state index in [1.165, 1.54) is 31.6 Å². The molecule has 9 heteroatoms. The molecule has 2 aromatic carbocycles. The van der Waals surface area contributed by atoms with Crippen LogP contribution < -0.4 is 9.46 Å². The van der Waals surface area contributed by atoms with Gasteiger partial charge in [0.2, 0.25) is 15.9 Å². The molecule has 0 aliphatic carbocycles. The van der Waals surface area contributed by atoms with Crippen LogP contribution in [0.5, 0.6) is 5.75 Å². The fourth-order valence-corrected chi connectivity index (χ4v) is 4.14. The van der Waals surface area contributed by atoms with Crippen LogP contribution in [-0.2, 0) is 21.4 Å². The van der Waals surface area contributed by atoms with Crippen LogP contribution in [0.4, 0.5) is 0 Å². The van der Waals surface area contributed by atoms with Gasteiger partial charge >= 0.3 is 5.97 Å². The molecule has 1 aromatic heterocycles. The summed E-state index contributed by atoms with van der Waals surface area (Å²) in [5.74, 6) is -0.147. The van der Waals surface area contributed by atoms with Gasteiger partial charge in [-0.3, -0.25) is 0 Å². The third-order valence-corrected chi connectivity index (χ3v) is 5.68. The molecular formula is C21H22N2O6S. The fraction of sp³-hybridized carbons (Fsp3) is 0.238. The Kier molecular flexibility index (Phi) is 6.53. The van der Waals surface area contributed by atoms with E-state index in [0.29, 0.717) is 11.6 Å². The van der Waals surface area contributed by atoms with Crippen LogP contribution in [-0.4, -0.2) is 32.5 Å². The van der Waals surface area contributed by atoms with Gasteiger partial charge in [0.05, 0.1) is 12.7 Å². The second-order valence-corrected chi connectivity index (χ2v) is 8.41. The Hall–Kier alpha value is -3.17. The molecular weight excluding hydrogens is 408 g/mol. The molecule has 0 radical (unpaired) electrons. The fourth-order valence-electron chi connectivity index (χ4n) is 2.70. The number of aromatic nitrogens is 1. The van der Waals surface area contributed by atoms with Gasteiger partial charge in [0, 0.05) is 11.6 Å². The Morgan fingerprint density at radius 1 is 1.17 bits per heavy atom. The van der Waals surface area contributed by atoms with Gasteiger partial charge in [0.1, 0.15) is 29.2 Å². The maximum atomic E-state index is 12.5. The minimum Gasteiger partial charge on any atom is -0.495 e. The topological polar surface area (TPSA) is 108 Å². The number of carbonyl (C=O) groups excluding carboxylic acids is 1. The van der Waals surface area contributed by atoms with E-state index >= 15 is 0 Å². The first-order chi connectivity index (χ1) is 14.3. The number of oxazole rings is 1. The number of nitrogens with one attached hydrogen (secondary N) is 1. The largest absolute Gasteiger partial charge is 0.495 e. The lowest BCUT2D eigenvalue weighted by Crippen LogP contribution is -2.30. The quantitative estimate of drug-likeness (QED) is 0.546. The number of sulfonamides is 1. The van der Waals surface area contributed by atoms with Crippen molar-refractivity contribution in [2.45, 2.75) is 31.4 Å². The van der Waals surface area contributed by atoms with E-state index in [0.717, 1.165) is 5.56 Å². The van der Waals surface area contributed by atoms with Crippen LogP contribution in [0.2, 0.25) is 0 Å². The molecule has 30 heavy (non-hydrogen) atoms. The molecule has 1 N–H and O–H groups in total. The van der Waals surface area contributed by atoms with Crippen LogP contribution in [0.25, 0.3) is 11.5 Å². The summed E-state index contributed by atoms with van der Waals surface area (Å²) >= 11 is 0. The van der Waals surface area contributed by atoms with Gasteiger partial charge in [-0.05, 0) is 44.2 Å². The minimum atomic E-state index is -3.86. The summed E-state index contributed by atoms with van der Waals surface area (Å²) in [4.78, 5) is 16.6. The van der Waals surface area contributed by atoms with Crippen molar-refractivity contribution in [3.05, 3.63) is 66.1 Å². The van der Waals surface area contributed by atoms with Gasteiger partial charge in [-0.2, -0.15) is 0 Å². The van der Waals surface area contributed by atoms with Crippen molar-refractivity contribution in [2.75, 3.05) is 7.11 Å². The van der Waals surface area contributed by atoms with Crippen molar-refractivity contribution in [2.24, 2.45) is 0 Å². The smallest absolute Gasteiger partial charge is 0.338 e. The Labute approximate surface area is 174 Å². The van der Waals surface area contributed by atoms with Crippen molar-refractivity contribution in [3.8, 4) is 17.2 Å². The monoisotopic (exact) mass is 430 g/mol. The number of esters is 1. The van der Waals surface area contributed by atoms with Gasteiger partial charge in [0.25, 0.3) is 0 Å². The van der Waals surface area contributed by atoms with Crippen molar-refractivity contribution < 1.29 is 27.1 Å². The van der Waals surface area contributed by atoms with Gasteiger partial charge in [-0.1, -0.05) is 18.2 Å². The van der Waals surface area contributed by atoms with E-state index in [2.05, 4.69) is 9.71 Å². The number of hydrogen-bond donors (Lipinski definition) is 1. The lowest BCUT2D eigenvalue weighted by Gasteiger charge is -2.13. The number of methoxy groups -OCH3 is 1. The molecule has 158 valence electrons. The molecule has 8 nitrogen and oxygen atoms in total. The molecule has 0 fully saturated rings. The maximum absolute atomic E-state index is 12.5. The predicted molar refractivity (Wildman–Crippen MR) is 110 cm³/mol. The normalized spacial score (nSPS) is 11.5. The first-order valence-electron chi connectivity index (χ1n) is 9.17. The summed E-state index contributed by atoms with van der Waals surface area (Å²) in [5, 5.41) is 0. The lowest BCUT2D eigenvalue weighted by atomic mass is 10.2. The van der Waals surface area contributed by atoms with Crippen molar-refractivity contribution >= 4 is 16.0 Å².